The van der Waals surface area contributed by atoms with Gasteiger partial charge in [0.05, 0.1) is 11.0 Å². The van der Waals surface area contributed by atoms with E-state index < -0.39 is 11.7 Å². The van der Waals surface area contributed by atoms with Crippen molar-refractivity contribution in [1.29, 1.82) is 0 Å². The van der Waals surface area contributed by atoms with Crippen LogP contribution < -0.4 is 4.74 Å². The number of ether oxygens (including phenoxy) is 2. The number of aliphatic imine (C=N–C) groups is 1. The van der Waals surface area contributed by atoms with Gasteiger partial charge in [-0.05, 0) is 51.7 Å². The lowest BCUT2D eigenvalue weighted by Crippen LogP contribution is -2.46. The molecule has 1 amide bonds. The van der Waals surface area contributed by atoms with Gasteiger partial charge in [0.25, 0.3) is 0 Å². The highest BCUT2D eigenvalue weighted by molar-refractivity contribution is 9.10. The number of nitrogens with zero attached hydrogens (tertiary/aromatic N) is 5. The quantitative estimate of drug-likeness (QED) is 0.637. The van der Waals surface area contributed by atoms with Gasteiger partial charge in [-0.25, -0.2) is 14.8 Å². The second kappa shape index (κ2) is 7.78. The van der Waals surface area contributed by atoms with Gasteiger partial charge in [0.15, 0.2) is 6.17 Å². The van der Waals surface area contributed by atoms with Crippen LogP contribution in [0.25, 0.3) is 0 Å². The minimum absolute atomic E-state index is 0.0971. The van der Waals surface area contributed by atoms with E-state index in [2.05, 4.69) is 31.0 Å². The minimum Gasteiger partial charge on any atom is -0.443 e. The summed E-state index contributed by atoms with van der Waals surface area (Å²) >= 11 is 3.59. The highest BCUT2D eigenvalue weighted by atomic mass is 79.9. The van der Waals surface area contributed by atoms with Crippen molar-refractivity contribution in [3.8, 4) is 5.75 Å². The first-order valence-electron chi connectivity index (χ1n) is 9.65. The Morgan fingerprint density at radius 3 is 2.83 bits per heavy atom. The first-order chi connectivity index (χ1) is 13.8. The van der Waals surface area contributed by atoms with Gasteiger partial charge in [0, 0.05) is 25.0 Å². The highest BCUT2D eigenvalue weighted by Crippen LogP contribution is 2.35. The SMILES string of the molecule is CC(C)(C)OC(=O)N(CC1CC1)C1=CC(Oc2cccnc2)=NC2C(Br)C=NN12. The molecule has 0 saturated heterocycles. The molecular formula is C20H24BrN5O3. The zero-order valence-corrected chi connectivity index (χ0v) is 18.2. The fourth-order valence-corrected chi connectivity index (χ4v) is 3.45. The molecule has 2 aliphatic heterocycles. The first kappa shape index (κ1) is 19.9. The number of aromatic nitrogens is 1. The molecule has 1 aromatic heterocycles. The van der Waals surface area contributed by atoms with E-state index in [9.17, 15) is 4.79 Å². The zero-order valence-electron chi connectivity index (χ0n) is 16.7. The average Bonchev–Trinajstić information content (AvgIpc) is 3.41. The average molecular weight is 462 g/mol. The number of halogens is 1. The number of fused-ring (bicyclic) bond motifs is 1. The summed E-state index contributed by atoms with van der Waals surface area (Å²) in [7, 11) is 0. The van der Waals surface area contributed by atoms with Gasteiger partial charge in [0.2, 0.25) is 5.90 Å². The number of pyridine rings is 1. The number of carbonyl (C=O) groups excluding carboxylic acids is 1. The van der Waals surface area contributed by atoms with E-state index in [0.717, 1.165) is 12.8 Å². The third kappa shape index (κ3) is 4.77. The highest BCUT2D eigenvalue weighted by Gasteiger charge is 2.41. The molecule has 154 valence electrons. The molecule has 2 atom stereocenters. The molecule has 9 heteroatoms. The van der Waals surface area contributed by atoms with E-state index >= 15 is 0 Å². The van der Waals surface area contributed by atoms with E-state index in [1.54, 1.807) is 40.7 Å². The maximum absolute atomic E-state index is 13.0. The van der Waals surface area contributed by atoms with Crippen molar-refractivity contribution >= 4 is 34.1 Å². The van der Waals surface area contributed by atoms with Crippen molar-refractivity contribution in [3.63, 3.8) is 0 Å². The van der Waals surface area contributed by atoms with Crippen LogP contribution in [0.3, 0.4) is 0 Å². The lowest BCUT2D eigenvalue weighted by Gasteiger charge is -2.36. The number of alkyl halides is 1. The van der Waals surface area contributed by atoms with Gasteiger partial charge in [-0.3, -0.25) is 9.88 Å². The molecular weight excluding hydrogens is 438 g/mol. The van der Waals surface area contributed by atoms with Crippen molar-refractivity contribution in [2.24, 2.45) is 16.0 Å². The number of hydrogen-bond donors (Lipinski definition) is 0. The standard InChI is InChI=1S/C20H24BrN5O3/c1-20(2,3)29-19(27)25(12-13-6-7-13)17-9-16(28-14-5-4-8-22-10-14)24-18-15(21)11-23-26(17)18/h4-5,8-11,13,15,18H,6-7,12H2,1-3H3. The topological polar surface area (TPSA) is 79.6 Å². The number of rotatable bonds is 4. The van der Waals surface area contributed by atoms with E-state index in [1.807, 2.05) is 26.8 Å². The van der Waals surface area contributed by atoms with Crippen LogP contribution in [0.4, 0.5) is 4.79 Å². The Balaban J connectivity index is 1.65. The minimum atomic E-state index is -0.594. The van der Waals surface area contributed by atoms with Gasteiger partial charge in [-0.2, -0.15) is 5.10 Å². The Labute approximate surface area is 178 Å². The second-order valence-electron chi connectivity index (χ2n) is 8.26. The summed E-state index contributed by atoms with van der Waals surface area (Å²) in [5.41, 5.74) is -0.594. The number of carbonyl (C=O) groups is 1. The van der Waals surface area contributed by atoms with E-state index in [1.165, 1.54) is 0 Å². The Morgan fingerprint density at radius 1 is 1.38 bits per heavy atom. The van der Waals surface area contributed by atoms with Crippen molar-refractivity contribution in [1.82, 2.24) is 14.9 Å². The molecule has 2 unspecified atom stereocenters. The van der Waals surface area contributed by atoms with Crippen LogP contribution in [0.2, 0.25) is 0 Å². The lowest BCUT2D eigenvalue weighted by molar-refractivity contribution is 0.0229. The fourth-order valence-electron chi connectivity index (χ4n) is 3.00. The maximum atomic E-state index is 13.0. The molecule has 1 aromatic rings. The molecule has 0 bridgehead atoms. The third-order valence-electron chi connectivity index (χ3n) is 4.50. The molecule has 8 nitrogen and oxygen atoms in total. The van der Waals surface area contributed by atoms with Crippen LogP contribution in [-0.2, 0) is 4.74 Å². The summed E-state index contributed by atoms with van der Waals surface area (Å²) in [6.45, 7) is 6.16. The largest absolute Gasteiger partial charge is 0.443 e. The smallest absolute Gasteiger partial charge is 0.416 e. The Morgan fingerprint density at radius 2 is 2.17 bits per heavy atom. The summed E-state index contributed by atoms with van der Waals surface area (Å²) in [5.74, 6) is 2.04. The van der Waals surface area contributed by atoms with Gasteiger partial charge in [-0.1, -0.05) is 15.9 Å². The number of hydrazone groups is 1. The molecule has 0 spiro atoms. The summed E-state index contributed by atoms with van der Waals surface area (Å²) in [5, 5.41) is 6.20. The second-order valence-corrected chi connectivity index (χ2v) is 9.32. The molecule has 1 fully saturated rings. The Kier molecular flexibility index (Phi) is 5.33. The van der Waals surface area contributed by atoms with E-state index in [0.29, 0.717) is 29.9 Å². The van der Waals surface area contributed by atoms with Crippen LogP contribution in [-0.4, -0.2) is 56.2 Å². The molecule has 29 heavy (non-hydrogen) atoms. The van der Waals surface area contributed by atoms with Gasteiger partial charge in [-0.15, -0.1) is 0 Å². The van der Waals surface area contributed by atoms with Gasteiger partial charge >= 0.3 is 6.09 Å². The number of hydrogen-bond acceptors (Lipinski definition) is 7. The molecule has 0 radical (unpaired) electrons. The third-order valence-corrected chi connectivity index (χ3v) is 5.21. The Hall–Kier alpha value is -2.42. The summed E-state index contributed by atoms with van der Waals surface area (Å²) < 4.78 is 11.6. The predicted octanol–water partition coefficient (Wildman–Crippen LogP) is 3.75. The van der Waals surface area contributed by atoms with Crippen LogP contribution in [0.1, 0.15) is 33.6 Å². The summed E-state index contributed by atoms with van der Waals surface area (Å²) in [6, 6.07) is 3.60. The molecule has 4 rings (SSSR count). The Bertz CT molecular complexity index is 861. The van der Waals surface area contributed by atoms with Crippen molar-refractivity contribution in [2.45, 2.75) is 50.2 Å². The monoisotopic (exact) mass is 461 g/mol. The summed E-state index contributed by atoms with van der Waals surface area (Å²) in [4.78, 5) is 23.3. The van der Waals surface area contributed by atoms with Crippen LogP contribution in [0, 0.1) is 5.92 Å². The fraction of sp³-hybridized carbons (Fsp3) is 0.500. The van der Waals surface area contributed by atoms with E-state index in [4.69, 9.17) is 9.47 Å². The summed E-state index contributed by atoms with van der Waals surface area (Å²) in [6.07, 6.45) is 8.27. The molecule has 3 aliphatic rings. The normalized spacial score (nSPS) is 23.2. The van der Waals surface area contributed by atoms with Crippen LogP contribution in [0.15, 0.2) is 46.5 Å². The predicted molar refractivity (Wildman–Crippen MR) is 113 cm³/mol. The van der Waals surface area contributed by atoms with E-state index in [-0.39, 0.29) is 11.0 Å². The first-order valence-corrected chi connectivity index (χ1v) is 10.6. The lowest BCUT2D eigenvalue weighted by atomic mass is 10.2. The molecule has 0 N–H and O–H groups in total. The van der Waals surface area contributed by atoms with Crippen molar-refractivity contribution in [3.05, 3.63) is 36.4 Å². The number of amides is 1. The molecule has 0 aromatic carbocycles. The van der Waals surface area contributed by atoms with Gasteiger partial charge in [0.1, 0.15) is 17.2 Å². The van der Waals surface area contributed by atoms with Gasteiger partial charge < -0.3 is 9.47 Å². The molecule has 1 aliphatic carbocycles. The molecule has 3 heterocycles. The van der Waals surface area contributed by atoms with Crippen molar-refractivity contribution in [2.75, 3.05) is 6.54 Å². The molecule has 1 saturated carbocycles. The van der Waals surface area contributed by atoms with Crippen molar-refractivity contribution < 1.29 is 14.3 Å². The maximum Gasteiger partial charge on any atom is 0.416 e. The van der Waals surface area contributed by atoms with Crippen LogP contribution in [0.5, 0.6) is 5.75 Å². The zero-order chi connectivity index (χ0) is 20.6. The van der Waals surface area contributed by atoms with Crippen LogP contribution >= 0.6 is 15.9 Å².